The molecular formula is C15H33NO4S. The maximum absolute atomic E-state index is 11.2. The van der Waals surface area contributed by atoms with E-state index in [9.17, 15) is 8.42 Å². The lowest BCUT2D eigenvalue weighted by atomic mass is 10.1. The van der Waals surface area contributed by atoms with Gasteiger partial charge in [-0.1, -0.05) is 70.8 Å². The first kappa shape index (κ1) is 22.8. The summed E-state index contributed by atoms with van der Waals surface area (Å²) in [5.74, 6) is 0. The maximum atomic E-state index is 11.2. The Balaban J connectivity index is 0. The summed E-state index contributed by atoms with van der Waals surface area (Å²) in [6.45, 7) is 5.77. The third kappa shape index (κ3) is 17.5. The van der Waals surface area contributed by atoms with Crippen LogP contribution in [0.1, 0.15) is 71.1 Å². The number of hydrogen-bond donors (Lipinski definition) is 1. The molecule has 6 heteroatoms. The molecule has 0 aromatic heterocycles. The molecule has 0 aliphatic rings. The van der Waals surface area contributed by atoms with Gasteiger partial charge in [-0.15, -0.1) is 6.58 Å². The number of hydrogen-bond acceptors (Lipinski definition) is 5. The molecule has 0 aliphatic heterocycles. The predicted molar refractivity (Wildman–Crippen MR) is 87.9 cm³/mol. The van der Waals surface area contributed by atoms with Gasteiger partial charge < -0.3 is 6.15 Å². The second-order valence-corrected chi connectivity index (χ2v) is 6.27. The predicted octanol–water partition coefficient (Wildman–Crippen LogP) is 4.53. The van der Waals surface area contributed by atoms with E-state index < -0.39 is 10.4 Å². The number of unbranched alkanes of at least 4 members (excludes halogenated alkanes) is 9. The first-order valence-electron chi connectivity index (χ1n) is 7.77. The Hall–Kier alpha value is -0.430. The molecule has 0 aromatic rings. The molecule has 0 bridgehead atoms. The van der Waals surface area contributed by atoms with Crippen molar-refractivity contribution in [2.75, 3.05) is 13.2 Å². The molecule has 0 heterocycles. The lowest BCUT2D eigenvalue weighted by molar-refractivity contribution is 0.225. The first-order valence-corrected chi connectivity index (χ1v) is 9.10. The minimum atomic E-state index is -3.83. The Labute approximate surface area is 131 Å². The SMILES string of the molecule is C=CCOS(=O)(=O)OCCCCCCCCCCCC.N. The Morgan fingerprint density at radius 3 is 1.81 bits per heavy atom. The van der Waals surface area contributed by atoms with Crippen LogP contribution in [0.5, 0.6) is 0 Å². The average Bonchev–Trinajstić information content (AvgIpc) is 2.42. The van der Waals surface area contributed by atoms with Crippen molar-refractivity contribution in [3.05, 3.63) is 12.7 Å². The van der Waals surface area contributed by atoms with Gasteiger partial charge in [-0.25, -0.2) is 8.37 Å². The third-order valence-electron chi connectivity index (χ3n) is 3.06. The van der Waals surface area contributed by atoms with E-state index in [0.29, 0.717) is 0 Å². The molecule has 0 spiro atoms. The molecule has 0 rings (SSSR count). The van der Waals surface area contributed by atoms with Crippen LogP contribution in [0.15, 0.2) is 12.7 Å². The Morgan fingerprint density at radius 2 is 1.33 bits per heavy atom. The molecule has 0 saturated heterocycles. The average molecular weight is 323 g/mol. The van der Waals surface area contributed by atoms with Crippen molar-refractivity contribution in [1.29, 1.82) is 0 Å². The molecule has 0 saturated carbocycles. The molecule has 0 aromatic carbocycles. The van der Waals surface area contributed by atoms with Gasteiger partial charge in [0.1, 0.15) is 0 Å². The van der Waals surface area contributed by atoms with Crippen molar-refractivity contribution >= 4 is 10.4 Å². The molecule has 0 aliphatic carbocycles. The van der Waals surface area contributed by atoms with E-state index in [1.54, 1.807) is 0 Å². The summed E-state index contributed by atoms with van der Waals surface area (Å²) < 4.78 is 31.5. The van der Waals surface area contributed by atoms with Gasteiger partial charge in [0.25, 0.3) is 0 Å². The van der Waals surface area contributed by atoms with Crippen LogP contribution in [0.3, 0.4) is 0 Å². The summed E-state index contributed by atoms with van der Waals surface area (Å²) >= 11 is 0. The van der Waals surface area contributed by atoms with E-state index in [4.69, 9.17) is 4.18 Å². The lowest BCUT2D eigenvalue weighted by Crippen LogP contribution is -2.11. The van der Waals surface area contributed by atoms with E-state index in [1.807, 2.05) is 0 Å². The zero-order valence-corrected chi connectivity index (χ0v) is 14.3. The van der Waals surface area contributed by atoms with Gasteiger partial charge in [0.2, 0.25) is 0 Å². The quantitative estimate of drug-likeness (QED) is 0.353. The van der Waals surface area contributed by atoms with Crippen molar-refractivity contribution in [3.63, 3.8) is 0 Å². The van der Waals surface area contributed by atoms with Crippen LogP contribution in [-0.4, -0.2) is 21.6 Å². The minimum Gasteiger partial charge on any atom is -0.344 e. The van der Waals surface area contributed by atoms with Crippen molar-refractivity contribution in [2.45, 2.75) is 71.1 Å². The van der Waals surface area contributed by atoms with Gasteiger partial charge in [0.15, 0.2) is 0 Å². The molecule has 3 N–H and O–H groups in total. The van der Waals surface area contributed by atoms with Crippen LogP contribution in [0, 0.1) is 0 Å². The second-order valence-electron chi connectivity index (χ2n) is 4.99. The van der Waals surface area contributed by atoms with Crippen molar-refractivity contribution in [1.82, 2.24) is 6.15 Å². The minimum absolute atomic E-state index is 0. The van der Waals surface area contributed by atoms with Crippen LogP contribution < -0.4 is 6.15 Å². The van der Waals surface area contributed by atoms with E-state index in [2.05, 4.69) is 17.7 Å². The molecule has 0 unspecified atom stereocenters. The monoisotopic (exact) mass is 323 g/mol. The standard InChI is InChI=1S/C15H30O4S.H3N/c1-3-5-6-7-8-9-10-11-12-13-15-19-20(16,17)18-14-4-2;/h4H,2-3,5-15H2,1H3;1H3. The van der Waals surface area contributed by atoms with Crippen LogP contribution in [-0.2, 0) is 18.8 Å². The van der Waals surface area contributed by atoms with Gasteiger partial charge in [0, 0.05) is 0 Å². The van der Waals surface area contributed by atoms with E-state index >= 15 is 0 Å². The highest BCUT2D eigenvalue weighted by Crippen LogP contribution is 2.10. The maximum Gasteiger partial charge on any atom is 0.400 e. The van der Waals surface area contributed by atoms with Crippen LogP contribution in [0.2, 0.25) is 0 Å². The third-order valence-corrected chi connectivity index (χ3v) is 3.94. The normalized spacial score (nSPS) is 11.1. The fourth-order valence-electron chi connectivity index (χ4n) is 1.92. The van der Waals surface area contributed by atoms with Crippen LogP contribution >= 0.6 is 0 Å². The van der Waals surface area contributed by atoms with Gasteiger partial charge in [0.05, 0.1) is 13.2 Å². The fraction of sp³-hybridized carbons (Fsp3) is 0.867. The summed E-state index contributed by atoms with van der Waals surface area (Å²) in [4.78, 5) is 0. The van der Waals surface area contributed by atoms with E-state index in [-0.39, 0.29) is 19.4 Å². The summed E-state index contributed by atoms with van der Waals surface area (Å²) in [6, 6.07) is 0. The van der Waals surface area contributed by atoms with Crippen LogP contribution in [0.4, 0.5) is 0 Å². The molecular weight excluding hydrogens is 290 g/mol. The summed E-state index contributed by atoms with van der Waals surface area (Å²) in [6.07, 6.45) is 13.4. The Bertz CT molecular complexity index is 318. The molecule has 0 amide bonds. The summed E-state index contributed by atoms with van der Waals surface area (Å²) in [7, 11) is -3.83. The highest BCUT2D eigenvalue weighted by atomic mass is 32.3. The highest BCUT2D eigenvalue weighted by Gasteiger charge is 2.09. The second kappa shape index (κ2) is 15.9. The lowest BCUT2D eigenvalue weighted by Gasteiger charge is -2.04. The van der Waals surface area contributed by atoms with Gasteiger partial charge in [-0.2, -0.15) is 8.42 Å². The topological polar surface area (TPSA) is 87.6 Å². The molecule has 128 valence electrons. The van der Waals surface area contributed by atoms with E-state index in [0.717, 1.165) is 19.3 Å². The van der Waals surface area contributed by atoms with Crippen molar-refractivity contribution < 1.29 is 16.8 Å². The summed E-state index contributed by atoms with van der Waals surface area (Å²) in [5.41, 5.74) is 0. The van der Waals surface area contributed by atoms with Crippen molar-refractivity contribution in [3.8, 4) is 0 Å². The number of rotatable bonds is 15. The molecule has 5 nitrogen and oxygen atoms in total. The Morgan fingerprint density at radius 1 is 0.857 bits per heavy atom. The van der Waals surface area contributed by atoms with Gasteiger partial charge >= 0.3 is 10.4 Å². The molecule has 0 atom stereocenters. The Kier molecular flexibility index (Phi) is 17.4. The zero-order chi connectivity index (χ0) is 15.1. The smallest absolute Gasteiger partial charge is 0.344 e. The first-order chi connectivity index (χ1) is 9.62. The molecule has 0 fully saturated rings. The van der Waals surface area contributed by atoms with E-state index in [1.165, 1.54) is 51.0 Å². The molecule has 21 heavy (non-hydrogen) atoms. The largest absolute Gasteiger partial charge is 0.400 e. The van der Waals surface area contributed by atoms with Gasteiger partial charge in [-0.05, 0) is 6.42 Å². The van der Waals surface area contributed by atoms with Crippen molar-refractivity contribution in [2.24, 2.45) is 0 Å². The van der Waals surface area contributed by atoms with Crippen LogP contribution in [0.25, 0.3) is 0 Å². The summed E-state index contributed by atoms with van der Waals surface area (Å²) in [5, 5.41) is 0. The highest BCUT2D eigenvalue weighted by molar-refractivity contribution is 7.81. The molecule has 0 radical (unpaired) electrons. The van der Waals surface area contributed by atoms with Gasteiger partial charge in [-0.3, -0.25) is 0 Å². The zero-order valence-electron chi connectivity index (χ0n) is 13.5. The fourth-order valence-corrected chi connectivity index (χ4v) is 2.57.